The van der Waals surface area contributed by atoms with E-state index in [1.807, 2.05) is 25.1 Å². The number of amides is 1. The first kappa shape index (κ1) is 25.4. The quantitative estimate of drug-likeness (QED) is 0.553. The lowest BCUT2D eigenvalue weighted by atomic mass is 9.80. The van der Waals surface area contributed by atoms with Gasteiger partial charge in [0.2, 0.25) is 0 Å². The Labute approximate surface area is 215 Å². The maximum atomic E-state index is 15.5. The number of ether oxygens (including phenoxy) is 2. The minimum absolute atomic E-state index is 0.00394. The number of nitrogens with zero attached hydrogens (tertiary/aromatic N) is 5. The predicted molar refractivity (Wildman–Crippen MR) is 136 cm³/mol. The van der Waals surface area contributed by atoms with Crippen LogP contribution >= 0.6 is 0 Å². The molecule has 1 saturated heterocycles. The first-order chi connectivity index (χ1) is 17.5. The minimum atomic E-state index is -1.22. The van der Waals surface area contributed by atoms with Crippen LogP contribution in [0.25, 0.3) is 16.7 Å². The molecule has 0 spiro atoms. The van der Waals surface area contributed by atoms with E-state index in [1.165, 1.54) is 12.0 Å². The fourth-order valence-electron chi connectivity index (χ4n) is 5.20. The lowest BCUT2D eigenvalue weighted by molar-refractivity contribution is 0.0111. The maximum Gasteiger partial charge on any atom is 0.410 e. The molecule has 198 valence electrons. The number of rotatable bonds is 4. The van der Waals surface area contributed by atoms with Crippen molar-refractivity contribution in [3.63, 3.8) is 0 Å². The van der Waals surface area contributed by atoms with E-state index < -0.39 is 17.9 Å². The molecule has 1 aliphatic carbocycles. The molecule has 2 atom stereocenters. The van der Waals surface area contributed by atoms with Gasteiger partial charge in [-0.2, -0.15) is 15.1 Å². The topological polar surface area (TPSA) is 103 Å². The molecule has 2 fully saturated rings. The van der Waals surface area contributed by atoms with Crippen LogP contribution in [0, 0.1) is 6.92 Å². The van der Waals surface area contributed by atoms with Crippen molar-refractivity contribution < 1.29 is 23.8 Å². The zero-order chi connectivity index (χ0) is 26.5. The van der Waals surface area contributed by atoms with Crippen LogP contribution in [0.2, 0.25) is 0 Å². The first-order valence-corrected chi connectivity index (χ1v) is 12.7. The number of aliphatic hydroxyl groups excluding tert-OH is 1. The summed E-state index contributed by atoms with van der Waals surface area (Å²) in [5.41, 5.74) is 2.87. The number of piperidine rings is 1. The van der Waals surface area contributed by atoms with E-state index in [9.17, 15) is 9.90 Å². The van der Waals surface area contributed by atoms with Gasteiger partial charge in [0.1, 0.15) is 11.8 Å². The number of alkyl halides is 1. The van der Waals surface area contributed by atoms with Crippen LogP contribution in [-0.2, 0) is 4.74 Å². The van der Waals surface area contributed by atoms with Gasteiger partial charge in [0.25, 0.3) is 0 Å². The van der Waals surface area contributed by atoms with Crippen molar-refractivity contribution in [1.29, 1.82) is 0 Å². The number of fused-ring (bicyclic) bond motifs is 1. The van der Waals surface area contributed by atoms with Gasteiger partial charge in [0, 0.05) is 29.8 Å². The molecule has 3 heterocycles. The Morgan fingerprint density at radius 1 is 1.19 bits per heavy atom. The number of methoxy groups -OCH3 is 1. The van der Waals surface area contributed by atoms with E-state index >= 15 is 4.39 Å². The molecule has 1 aliphatic heterocycles. The number of likely N-dealkylation sites (tertiary alicyclic amines) is 1. The molecule has 2 aliphatic rings. The predicted octanol–water partition coefficient (Wildman–Crippen LogP) is 4.43. The van der Waals surface area contributed by atoms with Crippen molar-refractivity contribution in [1.82, 2.24) is 24.6 Å². The smallest absolute Gasteiger partial charge is 0.410 e. The van der Waals surface area contributed by atoms with Crippen molar-refractivity contribution in [2.24, 2.45) is 0 Å². The van der Waals surface area contributed by atoms with Crippen molar-refractivity contribution in [3.8, 4) is 11.8 Å². The van der Waals surface area contributed by atoms with E-state index in [0.29, 0.717) is 31.6 Å². The molecule has 37 heavy (non-hydrogen) atoms. The fourth-order valence-corrected chi connectivity index (χ4v) is 5.20. The largest absolute Gasteiger partial charge is 0.467 e. The van der Waals surface area contributed by atoms with Gasteiger partial charge in [-0.25, -0.2) is 13.9 Å². The lowest BCUT2D eigenvalue weighted by Crippen LogP contribution is -2.46. The van der Waals surface area contributed by atoms with Gasteiger partial charge in [-0.1, -0.05) is 0 Å². The highest BCUT2D eigenvalue weighted by Gasteiger charge is 2.35. The molecule has 5 rings (SSSR count). The van der Waals surface area contributed by atoms with Crippen LogP contribution in [0.4, 0.5) is 9.18 Å². The van der Waals surface area contributed by atoms with Crippen molar-refractivity contribution >= 4 is 17.0 Å². The highest BCUT2D eigenvalue weighted by Crippen LogP contribution is 2.38. The van der Waals surface area contributed by atoms with Crippen molar-refractivity contribution in [2.45, 2.75) is 76.7 Å². The molecular formula is C27H34FN5O4. The number of carbonyl (C=O) groups excluding carboxylic acids is 1. The second-order valence-corrected chi connectivity index (χ2v) is 11.1. The SMILES string of the molecule is COc1nc(C2CC(O)C2)cc(-n2ncc3cc(C)c([C@@H]4CCN(C(=O)OC(C)(C)C)C[C@H]4F)cc32)n1. The van der Waals surface area contributed by atoms with Gasteiger partial charge in [-0.05, 0) is 70.2 Å². The normalized spacial score (nSPS) is 24.1. The minimum Gasteiger partial charge on any atom is -0.467 e. The van der Waals surface area contributed by atoms with Gasteiger partial charge in [-0.3, -0.25) is 0 Å². The van der Waals surface area contributed by atoms with E-state index in [2.05, 4.69) is 15.1 Å². The van der Waals surface area contributed by atoms with Crippen LogP contribution in [0.5, 0.6) is 6.01 Å². The zero-order valence-electron chi connectivity index (χ0n) is 21.9. The zero-order valence-corrected chi connectivity index (χ0v) is 21.9. The second-order valence-electron chi connectivity index (χ2n) is 11.1. The van der Waals surface area contributed by atoms with Gasteiger partial charge in [0.15, 0.2) is 5.82 Å². The molecule has 1 aromatic carbocycles. The van der Waals surface area contributed by atoms with Crippen LogP contribution in [0.1, 0.15) is 68.7 Å². The molecule has 3 aromatic rings. The highest BCUT2D eigenvalue weighted by atomic mass is 19.1. The number of halogens is 1. The summed E-state index contributed by atoms with van der Waals surface area (Å²) in [5.74, 6) is 0.357. The highest BCUT2D eigenvalue weighted by molar-refractivity contribution is 5.82. The number of aromatic nitrogens is 4. The van der Waals surface area contributed by atoms with Crippen molar-refractivity contribution in [2.75, 3.05) is 20.2 Å². The molecule has 0 bridgehead atoms. The molecule has 1 N–H and O–H groups in total. The van der Waals surface area contributed by atoms with Gasteiger partial charge in [0.05, 0.1) is 37.2 Å². The summed E-state index contributed by atoms with van der Waals surface area (Å²) in [6.45, 7) is 7.81. The standard InChI is InChI=1S/C27H34FN5O4/c1-15-8-17-13-29-33(24-12-22(16-9-18(34)10-16)30-25(31-24)36-5)23(17)11-20(15)19-6-7-32(14-21(19)28)26(35)37-27(2,3)4/h8,11-13,16,18-19,21,34H,6-7,9-10,14H2,1-5H3/t16?,18?,19-,21+/m0/s1. The Morgan fingerprint density at radius 2 is 1.95 bits per heavy atom. The van der Waals surface area contributed by atoms with Crippen LogP contribution in [-0.4, -0.2) is 73.9 Å². The summed E-state index contributed by atoms with van der Waals surface area (Å²) in [6, 6.07) is 6.12. The number of aryl methyl sites for hydroxylation is 1. The Bertz CT molecular complexity index is 1310. The molecule has 9 nitrogen and oxygen atoms in total. The monoisotopic (exact) mass is 511 g/mol. The number of hydrogen-bond donors (Lipinski definition) is 1. The summed E-state index contributed by atoms with van der Waals surface area (Å²) >= 11 is 0. The molecule has 1 saturated carbocycles. The molecular weight excluding hydrogens is 477 g/mol. The summed E-state index contributed by atoms with van der Waals surface area (Å²) in [6.07, 6.45) is 1.57. The van der Waals surface area contributed by atoms with Crippen LogP contribution in [0.15, 0.2) is 24.4 Å². The number of hydrogen-bond acceptors (Lipinski definition) is 7. The third-order valence-electron chi connectivity index (χ3n) is 7.19. The summed E-state index contributed by atoms with van der Waals surface area (Å²) in [5, 5.41) is 15.2. The Kier molecular flexibility index (Phi) is 6.55. The molecule has 2 aromatic heterocycles. The van der Waals surface area contributed by atoms with E-state index in [1.54, 1.807) is 31.6 Å². The lowest BCUT2D eigenvalue weighted by Gasteiger charge is -2.36. The van der Waals surface area contributed by atoms with Gasteiger partial charge >= 0.3 is 12.1 Å². The van der Waals surface area contributed by atoms with Crippen LogP contribution in [0.3, 0.4) is 0 Å². The van der Waals surface area contributed by atoms with Gasteiger partial charge < -0.3 is 19.5 Å². The average molecular weight is 512 g/mol. The summed E-state index contributed by atoms with van der Waals surface area (Å²) < 4.78 is 28.0. The number of aliphatic hydroxyl groups is 1. The fraction of sp³-hybridized carbons (Fsp3) is 0.556. The third-order valence-corrected chi connectivity index (χ3v) is 7.19. The summed E-state index contributed by atoms with van der Waals surface area (Å²) in [7, 11) is 1.52. The third kappa shape index (κ3) is 5.12. The van der Waals surface area contributed by atoms with E-state index in [4.69, 9.17) is 9.47 Å². The van der Waals surface area contributed by atoms with E-state index in [0.717, 1.165) is 27.7 Å². The Morgan fingerprint density at radius 3 is 2.59 bits per heavy atom. The van der Waals surface area contributed by atoms with Crippen LogP contribution < -0.4 is 4.74 Å². The first-order valence-electron chi connectivity index (χ1n) is 12.7. The second kappa shape index (κ2) is 9.55. The number of carbonyl (C=O) groups is 1. The average Bonchev–Trinajstić information content (AvgIpc) is 3.22. The van der Waals surface area contributed by atoms with Crippen molar-refractivity contribution in [3.05, 3.63) is 41.2 Å². The molecule has 0 radical (unpaired) electrons. The Balaban J connectivity index is 1.44. The molecule has 1 amide bonds. The number of benzene rings is 1. The molecule has 0 unspecified atom stereocenters. The maximum absolute atomic E-state index is 15.5. The summed E-state index contributed by atoms with van der Waals surface area (Å²) in [4.78, 5) is 22.9. The molecule has 10 heteroatoms. The van der Waals surface area contributed by atoms with E-state index in [-0.39, 0.29) is 30.5 Å². The van der Waals surface area contributed by atoms with Gasteiger partial charge in [-0.15, -0.1) is 0 Å². The Hall–Kier alpha value is -3.27.